The summed E-state index contributed by atoms with van der Waals surface area (Å²) >= 11 is 0. The molecule has 25 nitrogen and oxygen atoms in total. The molecular weight excluding hydrogens is 723 g/mol. The number of hydrogen-bond donors (Lipinski definition) is 13. The summed E-state index contributed by atoms with van der Waals surface area (Å²) in [4.78, 5) is 62.9. The maximum absolute atomic E-state index is 12.0. The first-order chi connectivity index (χ1) is 16.0. The van der Waals surface area contributed by atoms with Crippen molar-refractivity contribution in [2.24, 2.45) is 0 Å². The Bertz CT molecular complexity index is 1110. The number of aliphatic hydroxyl groups excluding tert-OH is 5. The molecule has 0 bridgehead atoms. The number of aliphatic hydroxyl groups is 6. The summed E-state index contributed by atoms with van der Waals surface area (Å²) < 4.78 is 88.7. The Morgan fingerprint density at radius 1 is 0.474 bits per heavy atom. The molecule has 0 aromatic heterocycles. The zero-order valence-electron chi connectivity index (χ0n) is 17.5. The Hall–Kier alpha value is 1.24. The van der Waals surface area contributed by atoms with E-state index < -0.39 is 83.2 Å². The summed E-state index contributed by atoms with van der Waals surface area (Å²) in [7, 11) is -38.3. The van der Waals surface area contributed by atoms with E-state index in [-0.39, 0.29) is 19.5 Å². The molecule has 0 amide bonds. The fourth-order valence-electron chi connectivity index (χ4n) is 2.26. The number of rotatable bonds is 12. The zero-order chi connectivity index (χ0) is 29.6. The van der Waals surface area contributed by atoms with Crippen molar-refractivity contribution in [2.75, 3.05) is 0 Å². The van der Waals surface area contributed by atoms with Crippen LogP contribution < -0.4 is 0 Å². The van der Waals surface area contributed by atoms with Crippen LogP contribution in [0.2, 0.25) is 0 Å². The standard InChI is InChI=1S/C6H18O25P6.Zn/c7-1-2(8)4(10)6(12,5(11)3(1)9)26-33(16,17)28-35(20,21)30-37(24,25)31-36(22,23)29-34(18,19)27-32(13,14)15;/h1-5,7-12H,(H,16,17)(H,18,19)(H,20,21)(H,22,23)(H,24,25)(H2,13,14,15);/t1-,2-,3+,4-,5-,6-;/m1./s1. The van der Waals surface area contributed by atoms with Gasteiger partial charge in [0, 0.05) is 19.5 Å². The second kappa shape index (κ2) is 12.9. The van der Waals surface area contributed by atoms with Crippen LogP contribution in [0, 0.1) is 0 Å². The van der Waals surface area contributed by atoms with Gasteiger partial charge in [-0.1, -0.05) is 0 Å². The smallest absolute Gasteiger partial charge is 0.387 e. The van der Waals surface area contributed by atoms with E-state index in [1.165, 1.54) is 0 Å². The summed E-state index contributed by atoms with van der Waals surface area (Å²) in [6.45, 7) is 0. The topological polar surface area (TPSA) is 421 Å². The van der Waals surface area contributed by atoms with Gasteiger partial charge in [-0.05, 0) is 0 Å². The van der Waals surface area contributed by atoms with Gasteiger partial charge in [-0.15, -0.1) is 0 Å². The minimum absolute atomic E-state index is 0. The molecule has 0 radical (unpaired) electrons. The molecule has 0 aliphatic heterocycles. The first kappa shape index (κ1) is 39.2. The van der Waals surface area contributed by atoms with Gasteiger partial charge >= 0.3 is 46.9 Å². The van der Waals surface area contributed by atoms with Crippen LogP contribution in [0.25, 0.3) is 0 Å². The molecule has 5 unspecified atom stereocenters. The predicted octanol–water partition coefficient (Wildman–Crippen LogP) is -3.82. The van der Waals surface area contributed by atoms with Crippen molar-refractivity contribution in [1.29, 1.82) is 0 Å². The average molecular weight is 741 g/mol. The summed E-state index contributed by atoms with van der Waals surface area (Å²) in [6.07, 6.45) is -13.5. The van der Waals surface area contributed by atoms with Gasteiger partial charge in [0.1, 0.15) is 30.5 Å². The molecule has 38 heavy (non-hydrogen) atoms. The fraction of sp³-hybridized carbons (Fsp3) is 1.00. The minimum atomic E-state index is -6.59. The van der Waals surface area contributed by atoms with E-state index in [9.17, 15) is 72.7 Å². The average Bonchev–Trinajstić information content (AvgIpc) is 2.56. The molecule has 1 aliphatic rings. The third-order valence-electron chi connectivity index (χ3n) is 3.49. The first-order valence-electron chi connectivity index (χ1n) is 8.13. The molecular formula is C6H18O25P6Zn. The van der Waals surface area contributed by atoms with Crippen LogP contribution in [0.3, 0.4) is 0 Å². The van der Waals surface area contributed by atoms with E-state index in [0.29, 0.717) is 0 Å². The van der Waals surface area contributed by atoms with Crippen molar-refractivity contribution in [2.45, 2.75) is 36.3 Å². The van der Waals surface area contributed by atoms with Crippen molar-refractivity contribution in [3.8, 4) is 0 Å². The largest absolute Gasteiger partial charge is 0.490 e. The Balaban J connectivity index is 0.0000137. The van der Waals surface area contributed by atoms with Crippen LogP contribution in [0.1, 0.15) is 0 Å². The van der Waals surface area contributed by atoms with Crippen molar-refractivity contribution in [3.63, 3.8) is 0 Å². The molecule has 0 aromatic rings. The minimum Gasteiger partial charge on any atom is -0.387 e. The van der Waals surface area contributed by atoms with Gasteiger partial charge in [-0.2, -0.15) is 21.6 Å². The van der Waals surface area contributed by atoms with Crippen LogP contribution in [0.4, 0.5) is 0 Å². The Labute approximate surface area is 221 Å². The van der Waals surface area contributed by atoms with E-state index in [2.05, 4.69) is 26.1 Å². The summed E-state index contributed by atoms with van der Waals surface area (Å²) in [6, 6.07) is 0. The predicted molar refractivity (Wildman–Crippen MR) is 103 cm³/mol. The summed E-state index contributed by atoms with van der Waals surface area (Å²) in [5.74, 6) is -3.96. The second-order valence-electron chi connectivity index (χ2n) is 6.45. The Morgan fingerprint density at radius 2 is 0.737 bits per heavy atom. The van der Waals surface area contributed by atoms with Gasteiger partial charge in [0.05, 0.1) is 0 Å². The molecule has 0 heterocycles. The van der Waals surface area contributed by atoms with E-state index in [1.54, 1.807) is 0 Å². The van der Waals surface area contributed by atoms with Crippen LogP contribution in [0.15, 0.2) is 0 Å². The van der Waals surface area contributed by atoms with Crippen LogP contribution in [-0.4, -0.2) is 101 Å². The maximum atomic E-state index is 12.0. The van der Waals surface area contributed by atoms with Gasteiger partial charge in [0.2, 0.25) is 5.79 Å². The molecule has 1 saturated carbocycles. The SMILES string of the molecule is O=P(O)(O)OP(=O)(O)OP(=O)(O)OP(=O)(O)OP(=O)(O)OP(=O)(O)O[C@]1(O)[C@H](O)[C@H](O)[C@@H](O)[C@H](O)[C@H]1O.[Zn]. The molecule has 1 rings (SSSR count). The van der Waals surface area contributed by atoms with Crippen LogP contribution in [-0.2, 0) is 72.9 Å². The fourth-order valence-corrected chi connectivity index (χ4v) is 9.78. The zero-order valence-corrected chi connectivity index (χ0v) is 25.8. The quantitative estimate of drug-likeness (QED) is 0.0518. The molecule has 0 spiro atoms. The summed E-state index contributed by atoms with van der Waals surface area (Å²) in [5.41, 5.74) is 0. The van der Waals surface area contributed by atoms with E-state index >= 15 is 0 Å². The van der Waals surface area contributed by atoms with Gasteiger partial charge in [0.25, 0.3) is 0 Å². The van der Waals surface area contributed by atoms with Crippen molar-refractivity contribution in [3.05, 3.63) is 0 Å². The molecule has 13 N–H and O–H groups in total. The first-order valence-corrected chi connectivity index (χ1v) is 17.1. The van der Waals surface area contributed by atoms with Gasteiger partial charge < -0.3 is 64.9 Å². The van der Waals surface area contributed by atoms with Gasteiger partial charge in [0.15, 0.2) is 0 Å². The summed E-state index contributed by atoms with van der Waals surface area (Å²) in [5, 5.41) is 57.9. The van der Waals surface area contributed by atoms with E-state index in [1.807, 2.05) is 0 Å². The molecule has 224 valence electrons. The maximum Gasteiger partial charge on any atom is 0.490 e. The molecule has 1 fully saturated rings. The molecule has 0 aromatic carbocycles. The third-order valence-corrected chi connectivity index (χ3v) is 12.3. The Kier molecular flexibility index (Phi) is 13.3. The molecule has 0 saturated heterocycles. The molecule has 1 aliphatic carbocycles. The number of hydrogen-bond acceptors (Lipinski definition) is 18. The normalized spacial score (nSPS) is 36.4. The molecule has 11 atom stereocenters. The monoisotopic (exact) mass is 740 g/mol. The Morgan fingerprint density at radius 3 is 1.03 bits per heavy atom. The van der Waals surface area contributed by atoms with Crippen LogP contribution >= 0.6 is 46.9 Å². The van der Waals surface area contributed by atoms with Gasteiger partial charge in [-0.3, -0.25) is 0 Å². The van der Waals surface area contributed by atoms with Crippen molar-refractivity contribution in [1.82, 2.24) is 0 Å². The van der Waals surface area contributed by atoms with E-state index in [0.717, 1.165) is 0 Å². The van der Waals surface area contributed by atoms with Crippen molar-refractivity contribution >= 4 is 46.9 Å². The van der Waals surface area contributed by atoms with Gasteiger partial charge in [-0.25, -0.2) is 31.9 Å². The third kappa shape index (κ3) is 11.5. The number of phosphoric ester groups is 1. The van der Waals surface area contributed by atoms with Crippen molar-refractivity contribution < 1.29 is 138 Å². The second-order valence-corrected chi connectivity index (χ2v) is 15.6. The number of phosphoric acid groups is 6. The van der Waals surface area contributed by atoms with E-state index in [4.69, 9.17) is 19.6 Å². The molecule has 32 heteroatoms. The van der Waals surface area contributed by atoms with Crippen LogP contribution in [0.5, 0.6) is 0 Å².